The molecule has 0 saturated carbocycles. The molecule has 0 radical (unpaired) electrons. The Kier molecular flexibility index (Phi) is 4.03. The molecule has 1 rings (SSSR count). The van der Waals surface area contributed by atoms with Gasteiger partial charge in [0.1, 0.15) is 11.6 Å². The van der Waals surface area contributed by atoms with Crippen LogP contribution >= 0.6 is 11.6 Å². The number of hydrogen-bond acceptors (Lipinski definition) is 2. The summed E-state index contributed by atoms with van der Waals surface area (Å²) in [4.78, 5) is 11.1. The summed E-state index contributed by atoms with van der Waals surface area (Å²) in [5.74, 6) is -2.21. The zero-order valence-electron chi connectivity index (χ0n) is 8.02. The number of ether oxygens (including phenoxy) is 1. The maximum Gasteiger partial charge on any atom is 0.310 e. The van der Waals surface area contributed by atoms with Crippen LogP contribution in [-0.4, -0.2) is 12.6 Å². The Morgan fingerprint density at radius 3 is 2.73 bits per heavy atom. The maximum atomic E-state index is 13.0. The zero-order chi connectivity index (χ0) is 11.4. The topological polar surface area (TPSA) is 26.3 Å². The molecule has 15 heavy (non-hydrogen) atoms. The summed E-state index contributed by atoms with van der Waals surface area (Å²) in [6.07, 6.45) is -0.235. The van der Waals surface area contributed by atoms with Crippen LogP contribution in [0.4, 0.5) is 8.78 Å². The normalized spacial score (nSPS) is 10.1. The summed E-state index contributed by atoms with van der Waals surface area (Å²) in [7, 11) is 0. The van der Waals surface area contributed by atoms with Gasteiger partial charge in [-0.1, -0.05) is 11.6 Å². The molecule has 0 spiro atoms. The molecule has 5 heteroatoms. The molecular formula is C10H9ClF2O2. The number of hydrogen-bond donors (Lipinski definition) is 0. The summed E-state index contributed by atoms with van der Waals surface area (Å²) in [5.41, 5.74) is 0.0904. The van der Waals surface area contributed by atoms with E-state index in [0.29, 0.717) is 6.07 Å². The van der Waals surface area contributed by atoms with Crippen molar-refractivity contribution in [1.82, 2.24) is 0 Å². The first kappa shape index (κ1) is 11.9. The lowest BCUT2D eigenvalue weighted by atomic mass is 10.1. The highest BCUT2D eigenvalue weighted by atomic mass is 35.5. The zero-order valence-corrected chi connectivity index (χ0v) is 8.78. The van der Waals surface area contributed by atoms with Crippen molar-refractivity contribution in [3.8, 4) is 0 Å². The minimum Gasteiger partial charge on any atom is -0.466 e. The molecule has 2 nitrogen and oxygen atoms in total. The van der Waals surface area contributed by atoms with Gasteiger partial charge in [0.2, 0.25) is 0 Å². The molecule has 0 bridgehead atoms. The predicted molar refractivity (Wildman–Crippen MR) is 51.7 cm³/mol. The molecule has 82 valence electrons. The third-order valence-corrected chi connectivity index (χ3v) is 2.13. The summed E-state index contributed by atoms with van der Waals surface area (Å²) in [6.45, 7) is 1.86. The van der Waals surface area contributed by atoms with Gasteiger partial charge in [-0.2, -0.15) is 0 Å². The molecule has 0 aromatic heterocycles. The van der Waals surface area contributed by atoms with Gasteiger partial charge < -0.3 is 4.74 Å². The number of carbonyl (C=O) groups excluding carboxylic acids is 1. The smallest absolute Gasteiger partial charge is 0.310 e. The highest BCUT2D eigenvalue weighted by molar-refractivity contribution is 6.31. The van der Waals surface area contributed by atoms with Crippen molar-refractivity contribution in [2.24, 2.45) is 0 Å². The van der Waals surface area contributed by atoms with E-state index in [1.165, 1.54) is 0 Å². The molecule has 0 unspecified atom stereocenters. The summed E-state index contributed by atoms with van der Waals surface area (Å²) in [6, 6.07) is 1.68. The maximum absolute atomic E-state index is 13.0. The van der Waals surface area contributed by atoms with Crippen molar-refractivity contribution in [1.29, 1.82) is 0 Å². The van der Waals surface area contributed by atoms with E-state index in [0.717, 1.165) is 6.07 Å². The Morgan fingerprint density at radius 2 is 2.13 bits per heavy atom. The van der Waals surface area contributed by atoms with Crippen LogP contribution in [-0.2, 0) is 16.0 Å². The molecule has 0 heterocycles. The molecule has 0 aliphatic rings. The van der Waals surface area contributed by atoms with Gasteiger partial charge in [0.15, 0.2) is 0 Å². The van der Waals surface area contributed by atoms with E-state index in [4.69, 9.17) is 11.6 Å². The van der Waals surface area contributed by atoms with E-state index in [1.807, 2.05) is 0 Å². The van der Waals surface area contributed by atoms with Gasteiger partial charge in [-0.25, -0.2) is 8.78 Å². The Hall–Kier alpha value is -1.16. The minimum atomic E-state index is -0.879. The van der Waals surface area contributed by atoms with Crippen molar-refractivity contribution in [3.05, 3.63) is 34.4 Å². The van der Waals surface area contributed by atoms with E-state index in [-0.39, 0.29) is 23.6 Å². The fourth-order valence-electron chi connectivity index (χ4n) is 1.11. The highest BCUT2D eigenvalue weighted by Gasteiger charge is 2.13. The Balaban J connectivity index is 2.89. The number of rotatable bonds is 3. The monoisotopic (exact) mass is 234 g/mol. The van der Waals surface area contributed by atoms with Crippen molar-refractivity contribution in [3.63, 3.8) is 0 Å². The van der Waals surface area contributed by atoms with Crippen LogP contribution in [0.5, 0.6) is 0 Å². The van der Waals surface area contributed by atoms with E-state index < -0.39 is 17.6 Å². The lowest BCUT2D eigenvalue weighted by Crippen LogP contribution is -2.08. The molecule has 0 amide bonds. The number of benzene rings is 1. The van der Waals surface area contributed by atoms with Gasteiger partial charge in [0.05, 0.1) is 18.1 Å². The summed E-state index contributed by atoms with van der Waals surface area (Å²) >= 11 is 5.56. The Morgan fingerprint density at radius 1 is 1.47 bits per heavy atom. The van der Waals surface area contributed by atoms with Gasteiger partial charge >= 0.3 is 5.97 Å². The average Bonchev–Trinajstić information content (AvgIpc) is 2.13. The first-order valence-electron chi connectivity index (χ1n) is 4.33. The quantitative estimate of drug-likeness (QED) is 0.594. The van der Waals surface area contributed by atoms with Gasteiger partial charge in [-0.3, -0.25) is 4.79 Å². The first-order chi connectivity index (χ1) is 7.04. The molecule has 0 fully saturated rings. The van der Waals surface area contributed by atoms with Crippen molar-refractivity contribution in [2.45, 2.75) is 13.3 Å². The molecular weight excluding hydrogens is 226 g/mol. The van der Waals surface area contributed by atoms with Crippen LogP contribution in [0.2, 0.25) is 5.02 Å². The largest absolute Gasteiger partial charge is 0.466 e. The highest BCUT2D eigenvalue weighted by Crippen LogP contribution is 2.22. The fraction of sp³-hybridized carbons (Fsp3) is 0.300. The average molecular weight is 235 g/mol. The lowest BCUT2D eigenvalue weighted by molar-refractivity contribution is -0.142. The summed E-state index contributed by atoms with van der Waals surface area (Å²) in [5, 5.41) is -0.246. The van der Waals surface area contributed by atoms with Crippen LogP contribution in [0.1, 0.15) is 12.5 Å². The van der Waals surface area contributed by atoms with Crippen LogP contribution in [0.15, 0.2) is 12.1 Å². The van der Waals surface area contributed by atoms with Crippen LogP contribution in [0, 0.1) is 11.6 Å². The summed E-state index contributed by atoms with van der Waals surface area (Å²) < 4.78 is 30.4. The second-order valence-electron chi connectivity index (χ2n) is 2.84. The van der Waals surface area contributed by atoms with Gasteiger partial charge in [0.25, 0.3) is 0 Å². The molecule has 0 atom stereocenters. The van der Waals surface area contributed by atoms with Gasteiger partial charge in [-0.05, 0) is 18.6 Å². The molecule has 1 aromatic carbocycles. The Bertz CT molecular complexity index is 380. The Labute approximate surface area is 90.8 Å². The molecule has 0 aliphatic carbocycles. The van der Waals surface area contributed by atoms with Gasteiger partial charge in [-0.15, -0.1) is 0 Å². The molecule has 0 saturated heterocycles. The minimum absolute atomic E-state index is 0.0904. The number of carbonyl (C=O) groups is 1. The van der Waals surface area contributed by atoms with E-state index >= 15 is 0 Å². The van der Waals surface area contributed by atoms with Crippen molar-refractivity contribution >= 4 is 17.6 Å². The second-order valence-corrected chi connectivity index (χ2v) is 3.22. The lowest BCUT2D eigenvalue weighted by Gasteiger charge is -2.05. The van der Waals surface area contributed by atoms with E-state index in [1.54, 1.807) is 6.92 Å². The van der Waals surface area contributed by atoms with Crippen LogP contribution in [0.3, 0.4) is 0 Å². The van der Waals surface area contributed by atoms with Crippen molar-refractivity contribution in [2.75, 3.05) is 6.61 Å². The van der Waals surface area contributed by atoms with Crippen LogP contribution in [0.25, 0.3) is 0 Å². The fourth-order valence-corrected chi connectivity index (χ4v) is 1.28. The first-order valence-corrected chi connectivity index (χ1v) is 4.71. The molecule has 0 N–H and O–H groups in total. The van der Waals surface area contributed by atoms with E-state index in [2.05, 4.69) is 4.74 Å². The SMILES string of the molecule is CCOC(=O)Cc1cc(F)cc(F)c1Cl. The predicted octanol–water partition coefficient (Wildman–Crippen LogP) is 2.72. The molecule has 0 aliphatic heterocycles. The number of esters is 1. The van der Waals surface area contributed by atoms with Gasteiger partial charge in [0, 0.05) is 6.07 Å². The van der Waals surface area contributed by atoms with Crippen LogP contribution < -0.4 is 0 Å². The molecule has 1 aromatic rings. The third kappa shape index (κ3) is 3.16. The van der Waals surface area contributed by atoms with Crippen molar-refractivity contribution < 1.29 is 18.3 Å². The second kappa shape index (κ2) is 5.07. The third-order valence-electron chi connectivity index (χ3n) is 1.71. The number of halogens is 3. The van der Waals surface area contributed by atoms with E-state index in [9.17, 15) is 13.6 Å². The standard InChI is InChI=1S/C10H9ClF2O2/c1-2-15-9(14)4-6-3-7(12)5-8(13)10(6)11/h3,5H,2,4H2,1H3.